The largest absolute Gasteiger partial charge is 0.496 e. The van der Waals surface area contributed by atoms with Crippen molar-refractivity contribution in [2.75, 3.05) is 20.2 Å². The van der Waals surface area contributed by atoms with E-state index in [1.54, 1.807) is 19.6 Å². The van der Waals surface area contributed by atoms with Gasteiger partial charge in [-0.05, 0) is 43.5 Å². The Hall–Kier alpha value is -3.28. The molecule has 1 aromatic heterocycles. The predicted octanol–water partition coefficient (Wildman–Crippen LogP) is 3.49. The number of nitrogens with one attached hydrogen (secondary N) is 2. The molecule has 0 bridgehead atoms. The van der Waals surface area contributed by atoms with Gasteiger partial charge in [0.05, 0.1) is 25.7 Å². The molecule has 0 amide bonds. The number of aromatic nitrogens is 2. The van der Waals surface area contributed by atoms with Gasteiger partial charge in [-0.1, -0.05) is 35.9 Å². The Morgan fingerprint density at radius 2 is 2.00 bits per heavy atom. The minimum absolute atomic E-state index is 0.581. The van der Waals surface area contributed by atoms with Crippen LogP contribution in [0.15, 0.2) is 66.2 Å². The molecule has 3 rings (SSSR count). The van der Waals surface area contributed by atoms with E-state index >= 15 is 0 Å². The van der Waals surface area contributed by atoms with Gasteiger partial charge in [-0.25, -0.2) is 9.98 Å². The predicted molar refractivity (Wildman–Crippen MR) is 118 cm³/mol. The van der Waals surface area contributed by atoms with Gasteiger partial charge in [0, 0.05) is 25.5 Å². The van der Waals surface area contributed by atoms with E-state index < -0.39 is 0 Å². The molecule has 6 nitrogen and oxygen atoms in total. The summed E-state index contributed by atoms with van der Waals surface area (Å²) < 4.78 is 7.49. The minimum atomic E-state index is 0.581. The number of aryl methyl sites for hydroxylation is 1. The minimum Gasteiger partial charge on any atom is -0.496 e. The van der Waals surface area contributed by atoms with Crippen molar-refractivity contribution in [3.05, 3.63) is 77.9 Å². The number of guanidine groups is 1. The molecule has 2 aromatic carbocycles. The highest BCUT2D eigenvalue weighted by molar-refractivity contribution is 5.79. The molecule has 6 heteroatoms. The smallest absolute Gasteiger partial charge is 0.191 e. The topological polar surface area (TPSA) is 63.5 Å². The van der Waals surface area contributed by atoms with Crippen molar-refractivity contribution in [2.24, 2.45) is 4.99 Å². The molecule has 0 aliphatic carbocycles. The molecule has 3 aromatic rings. The molecule has 0 unspecified atom stereocenters. The second-order valence-corrected chi connectivity index (χ2v) is 6.79. The van der Waals surface area contributed by atoms with Crippen LogP contribution in [0.1, 0.15) is 23.6 Å². The monoisotopic (exact) mass is 391 g/mol. The van der Waals surface area contributed by atoms with Crippen LogP contribution < -0.4 is 15.4 Å². The number of ether oxygens (including phenoxy) is 1. The average Bonchev–Trinajstić information content (AvgIpc) is 3.27. The first kappa shape index (κ1) is 20.5. The molecule has 0 atom stereocenters. The zero-order valence-corrected chi connectivity index (χ0v) is 17.4. The summed E-state index contributed by atoms with van der Waals surface area (Å²) in [6.45, 7) is 6.33. The molecule has 29 heavy (non-hydrogen) atoms. The lowest BCUT2D eigenvalue weighted by molar-refractivity contribution is 0.409. The lowest BCUT2D eigenvalue weighted by atomic mass is 10.1. The van der Waals surface area contributed by atoms with Gasteiger partial charge in [-0.3, -0.25) is 0 Å². The summed E-state index contributed by atoms with van der Waals surface area (Å²) in [5, 5.41) is 6.75. The van der Waals surface area contributed by atoms with Crippen LogP contribution in [-0.2, 0) is 13.0 Å². The first-order valence-electron chi connectivity index (χ1n) is 9.93. The summed E-state index contributed by atoms with van der Waals surface area (Å²) in [5.41, 5.74) is 4.66. The van der Waals surface area contributed by atoms with Crippen molar-refractivity contribution in [1.82, 2.24) is 20.2 Å². The summed E-state index contributed by atoms with van der Waals surface area (Å²) in [7, 11) is 1.71. The van der Waals surface area contributed by atoms with Crippen molar-refractivity contribution in [2.45, 2.75) is 26.8 Å². The van der Waals surface area contributed by atoms with E-state index in [1.807, 2.05) is 29.0 Å². The Kier molecular flexibility index (Phi) is 7.28. The first-order valence-corrected chi connectivity index (χ1v) is 9.93. The maximum absolute atomic E-state index is 5.48. The maximum atomic E-state index is 5.48. The molecule has 1 heterocycles. The van der Waals surface area contributed by atoms with Crippen LogP contribution in [0.3, 0.4) is 0 Å². The van der Waals surface area contributed by atoms with E-state index in [4.69, 9.17) is 9.73 Å². The van der Waals surface area contributed by atoms with Crippen molar-refractivity contribution in [3.8, 4) is 11.4 Å². The molecule has 2 N–H and O–H groups in total. The van der Waals surface area contributed by atoms with Gasteiger partial charge >= 0.3 is 0 Å². The van der Waals surface area contributed by atoms with E-state index in [0.717, 1.165) is 42.5 Å². The maximum Gasteiger partial charge on any atom is 0.191 e. The van der Waals surface area contributed by atoms with E-state index in [2.05, 4.69) is 53.7 Å². The van der Waals surface area contributed by atoms with Gasteiger partial charge in [-0.2, -0.15) is 0 Å². The molecule has 0 saturated carbocycles. The molecule has 0 saturated heterocycles. The first-order chi connectivity index (χ1) is 14.2. The second-order valence-electron chi connectivity index (χ2n) is 6.79. The van der Waals surface area contributed by atoms with Gasteiger partial charge in [-0.15, -0.1) is 0 Å². The summed E-state index contributed by atoms with van der Waals surface area (Å²) in [6, 6.07) is 14.5. The van der Waals surface area contributed by atoms with Gasteiger partial charge in [0.25, 0.3) is 0 Å². The summed E-state index contributed by atoms with van der Waals surface area (Å²) in [4.78, 5) is 8.92. The van der Waals surface area contributed by atoms with E-state index in [9.17, 15) is 0 Å². The fraction of sp³-hybridized carbons (Fsp3) is 0.304. The Balaban J connectivity index is 1.66. The Morgan fingerprint density at radius 3 is 2.76 bits per heavy atom. The summed E-state index contributed by atoms with van der Waals surface area (Å²) in [5.74, 6) is 1.73. The van der Waals surface area contributed by atoms with E-state index in [-0.39, 0.29) is 0 Å². The zero-order chi connectivity index (χ0) is 20.5. The van der Waals surface area contributed by atoms with Crippen molar-refractivity contribution in [1.29, 1.82) is 0 Å². The molecule has 0 spiro atoms. The molecular formula is C23H29N5O. The number of aliphatic imine (C=N–C) groups is 1. The number of hydrogen-bond acceptors (Lipinski definition) is 3. The molecule has 0 aliphatic rings. The van der Waals surface area contributed by atoms with Gasteiger partial charge < -0.3 is 19.9 Å². The second kappa shape index (κ2) is 10.3. The highest BCUT2D eigenvalue weighted by Crippen LogP contribution is 2.19. The number of methoxy groups -OCH3 is 1. The lowest BCUT2D eigenvalue weighted by Gasteiger charge is -2.14. The zero-order valence-electron chi connectivity index (χ0n) is 17.4. The van der Waals surface area contributed by atoms with Crippen LogP contribution in [0, 0.1) is 6.92 Å². The normalized spacial score (nSPS) is 11.3. The summed E-state index contributed by atoms with van der Waals surface area (Å²) in [6.07, 6.45) is 6.40. The van der Waals surface area contributed by atoms with Crippen LogP contribution in [0.5, 0.6) is 5.75 Å². The molecule has 0 aliphatic heterocycles. The third-order valence-corrected chi connectivity index (χ3v) is 4.65. The van der Waals surface area contributed by atoms with Crippen LogP contribution in [0.4, 0.5) is 0 Å². The average molecular weight is 392 g/mol. The third-order valence-electron chi connectivity index (χ3n) is 4.65. The lowest BCUT2D eigenvalue weighted by Crippen LogP contribution is -2.38. The Morgan fingerprint density at radius 1 is 1.14 bits per heavy atom. The fourth-order valence-corrected chi connectivity index (χ4v) is 3.22. The quantitative estimate of drug-likeness (QED) is 0.456. The Labute approximate surface area is 172 Å². The van der Waals surface area contributed by atoms with Gasteiger partial charge in [0.2, 0.25) is 0 Å². The van der Waals surface area contributed by atoms with Crippen LogP contribution in [0.2, 0.25) is 0 Å². The van der Waals surface area contributed by atoms with E-state index in [0.29, 0.717) is 6.54 Å². The number of benzene rings is 2. The van der Waals surface area contributed by atoms with Crippen LogP contribution in [0.25, 0.3) is 5.69 Å². The molecular weight excluding hydrogens is 362 g/mol. The van der Waals surface area contributed by atoms with Gasteiger partial charge in [0.1, 0.15) is 5.75 Å². The van der Waals surface area contributed by atoms with E-state index in [1.165, 1.54) is 11.1 Å². The van der Waals surface area contributed by atoms with Gasteiger partial charge in [0.15, 0.2) is 5.96 Å². The molecule has 0 fully saturated rings. The number of nitrogens with zero attached hydrogens (tertiary/aromatic N) is 3. The SMILES string of the molecule is CCNC(=NCc1ccccc1-n1ccnc1)NCCc1cc(C)ccc1OC. The highest BCUT2D eigenvalue weighted by Gasteiger charge is 2.06. The molecule has 0 radical (unpaired) electrons. The van der Waals surface area contributed by atoms with Crippen LogP contribution >= 0.6 is 0 Å². The number of imidazole rings is 1. The number of para-hydroxylation sites is 1. The van der Waals surface area contributed by atoms with Crippen molar-refractivity contribution in [3.63, 3.8) is 0 Å². The van der Waals surface area contributed by atoms with Crippen LogP contribution in [-0.4, -0.2) is 35.7 Å². The number of rotatable bonds is 8. The van der Waals surface area contributed by atoms with Crippen molar-refractivity contribution >= 4 is 5.96 Å². The fourth-order valence-electron chi connectivity index (χ4n) is 3.22. The number of hydrogen-bond donors (Lipinski definition) is 2. The third kappa shape index (κ3) is 5.60. The standard InChI is InChI=1S/C23H29N5O/c1-4-25-23(26-12-11-19-15-18(2)9-10-22(19)29-3)27-16-20-7-5-6-8-21(20)28-14-13-24-17-28/h5-10,13-15,17H,4,11-12,16H2,1-3H3,(H2,25,26,27). The molecule has 152 valence electrons. The highest BCUT2D eigenvalue weighted by atomic mass is 16.5. The van der Waals surface area contributed by atoms with Crippen molar-refractivity contribution < 1.29 is 4.74 Å². The summed E-state index contributed by atoms with van der Waals surface area (Å²) >= 11 is 0. The Bertz CT molecular complexity index is 934.